The maximum atomic E-state index is 8.53. The number of nitrogens with zero attached hydrogens (tertiary/aromatic N) is 2. The Bertz CT molecular complexity index is 150. The molecule has 1 fully saturated rings. The average Bonchev–Trinajstić information content (AvgIpc) is 1.95. The zero-order valence-corrected chi connectivity index (χ0v) is 5.83. The molecule has 4 heteroatoms. The Morgan fingerprint density at radius 1 is 1.60 bits per heavy atom. The molecule has 0 aromatic carbocycles. The second-order valence-corrected chi connectivity index (χ2v) is 2.66. The van der Waals surface area contributed by atoms with Gasteiger partial charge in [0.1, 0.15) is 0 Å². The summed E-state index contributed by atoms with van der Waals surface area (Å²) in [5.41, 5.74) is 5.59. The van der Waals surface area contributed by atoms with Gasteiger partial charge in [-0.05, 0) is 12.8 Å². The first-order valence-electron chi connectivity index (χ1n) is 3.40. The van der Waals surface area contributed by atoms with E-state index >= 15 is 0 Å². The summed E-state index contributed by atoms with van der Waals surface area (Å²) >= 11 is 0. The smallest absolute Gasteiger partial charge is 0.0718 e. The Kier molecular flexibility index (Phi) is 2.22. The third kappa shape index (κ3) is 1.45. The third-order valence-electron chi connectivity index (χ3n) is 1.87. The summed E-state index contributed by atoms with van der Waals surface area (Å²) in [5.74, 6) is 5.60. The molecule has 1 saturated heterocycles. The molecule has 0 saturated carbocycles. The molecule has 0 spiro atoms. The molecule has 10 heavy (non-hydrogen) atoms. The number of hydrazine groups is 1. The van der Waals surface area contributed by atoms with Crippen LogP contribution in [-0.2, 0) is 0 Å². The highest BCUT2D eigenvalue weighted by Crippen LogP contribution is 2.16. The number of piperidine rings is 1. The minimum absolute atomic E-state index is 0.106. The number of rotatable bonds is 0. The third-order valence-corrected chi connectivity index (χ3v) is 1.87. The van der Waals surface area contributed by atoms with Crippen LogP contribution in [0.25, 0.3) is 0 Å². The van der Waals surface area contributed by atoms with Gasteiger partial charge in [-0.15, -0.1) is 0 Å². The van der Waals surface area contributed by atoms with Crippen LogP contribution >= 0.6 is 0 Å². The van der Waals surface area contributed by atoms with E-state index in [4.69, 9.17) is 16.8 Å². The Balaban J connectivity index is 2.42. The minimum Gasteiger partial charge on any atom is -0.315 e. The summed E-state index contributed by atoms with van der Waals surface area (Å²) in [6.07, 6.45) is 1.42. The number of nitrogens with two attached hydrogens (primary N) is 2. The maximum Gasteiger partial charge on any atom is 0.0718 e. The van der Waals surface area contributed by atoms with Crippen molar-refractivity contribution in [2.75, 3.05) is 6.54 Å². The molecular weight excluding hydrogens is 128 g/mol. The van der Waals surface area contributed by atoms with Crippen molar-refractivity contribution in [3.05, 3.63) is 0 Å². The Morgan fingerprint density at radius 3 is 2.80 bits per heavy atom. The monoisotopic (exact) mass is 140 g/mol. The predicted molar refractivity (Wildman–Crippen MR) is 37.2 cm³/mol. The fourth-order valence-corrected chi connectivity index (χ4v) is 1.13. The van der Waals surface area contributed by atoms with Gasteiger partial charge in [0.05, 0.1) is 18.2 Å². The Labute approximate surface area is 60.4 Å². The van der Waals surface area contributed by atoms with Gasteiger partial charge in [0.25, 0.3) is 0 Å². The molecule has 0 aliphatic carbocycles. The second-order valence-electron chi connectivity index (χ2n) is 2.66. The van der Waals surface area contributed by atoms with Gasteiger partial charge < -0.3 is 5.73 Å². The van der Waals surface area contributed by atoms with Crippen molar-refractivity contribution in [2.24, 2.45) is 17.5 Å². The van der Waals surface area contributed by atoms with Gasteiger partial charge in [0.15, 0.2) is 0 Å². The number of hydrogen-bond donors (Lipinski definition) is 2. The quantitative estimate of drug-likeness (QED) is 0.439. The van der Waals surface area contributed by atoms with E-state index in [9.17, 15) is 0 Å². The van der Waals surface area contributed by atoms with Crippen molar-refractivity contribution in [2.45, 2.75) is 19.0 Å². The second kappa shape index (κ2) is 2.97. The van der Waals surface area contributed by atoms with Crippen LogP contribution in [0.15, 0.2) is 0 Å². The predicted octanol–water partition coefficient (Wildman–Crippen LogP) is -0.620. The SMILES string of the molecule is N#CC1CCN(N)C(N)C1. The molecule has 56 valence electrons. The lowest BCUT2D eigenvalue weighted by Crippen LogP contribution is -2.51. The molecule has 2 unspecified atom stereocenters. The molecule has 2 atom stereocenters. The van der Waals surface area contributed by atoms with Gasteiger partial charge in [-0.2, -0.15) is 5.26 Å². The van der Waals surface area contributed by atoms with Crippen molar-refractivity contribution in [1.29, 1.82) is 5.26 Å². The molecule has 1 rings (SSSR count). The molecule has 0 aromatic rings. The summed E-state index contributed by atoms with van der Waals surface area (Å²) < 4.78 is 0. The lowest BCUT2D eigenvalue weighted by atomic mass is 9.97. The van der Waals surface area contributed by atoms with E-state index < -0.39 is 0 Å². The van der Waals surface area contributed by atoms with Gasteiger partial charge in [-0.25, -0.2) is 5.01 Å². The molecule has 4 N–H and O–H groups in total. The zero-order chi connectivity index (χ0) is 7.56. The summed E-state index contributed by atoms with van der Waals surface area (Å²) in [6.45, 7) is 0.736. The average molecular weight is 140 g/mol. The lowest BCUT2D eigenvalue weighted by molar-refractivity contribution is 0.134. The Hall–Kier alpha value is -0.630. The fourth-order valence-electron chi connectivity index (χ4n) is 1.13. The highest BCUT2D eigenvalue weighted by atomic mass is 15.4. The van der Waals surface area contributed by atoms with Crippen molar-refractivity contribution in [1.82, 2.24) is 5.01 Å². The number of hydrogen-bond acceptors (Lipinski definition) is 4. The molecule has 0 radical (unpaired) electrons. The van der Waals surface area contributed by atoms with Crippen LogP contribution in [0.5, 0.6) is 0 Å². The molecule has 4 nitrogen and oxygen atoms in total. The normalized spacial score (nSPS) is 35.3. The van der Waals surface area contributed by atoms with Crippen molar-refractivity contribution >= 4 is 0 Å². The van der Waals surface area contributed by atoms with Crippen LogP contribution in [0.4, 0.5) is 0 Å². The highest BCUT2D eigenvalue weighted by molar-refractivity contribution is 4.88. The van der Waals surface area contributed by atoms with Gasteiger partial charge in [-0.3, -0.25) is 5.84 Å². The fraction of sp³-hybridized carbons (Fsp3) is 0.833. The van der Waals surface area contributed by atoms with Crippen LogP contribution in [0, 0.1) is 17.2 Å². The van der Waals surface area contributed by atoms with Crippen molar-refractivity contribution in [3.8, 4) is 6.07 Å². The molecule has 0 aromatic heterocycles. The van der Waals surface area contributed by atoms with E-state index in [-0.39, 0.29) is 12.1 Å². The van der Waals surface area contributed by atoms with Gasteiger partial charge in [0, 0.05) is 6.54 Å². The van der Waals surface area contributed by atoms with Crippen LogP contribution in [-0.4, -0.2) is 17.7 Å². The molecule has 1 aliphatic heterocycles. The molecule has 1 heterocycles. The lowest BCUT2D eigenvalue weighted by Gasteiger charge is -2.30. The van der Waals surface area contributed by atoms with Crippen LogP contribution in [0.1, 0.15) is 12.8 Å². The first kappa shape index (κ1) is 7.48. The van der Waals surface area contributed by atoms with E-state index in [0.717, 1.165) is 13.0 Å². The largest absolute Gasteiger partial charge is 0.315 e. The van der Waals surface area contributed by atoms with Gasteiger partial charge in [-0.1, -0.05) is 0 Å². The summed E-state index contributed by atoms with van der Waals surface area (Å²) in [4.78, 5) is 0. The van der Waals surface area contributed by atoms with Crippen LogP contribution in [0.2, 0.25) is 0 Å². The van der Waals surface area contributed by atoms with E-state index in [1.165, 1.54) is 0 Å². The highest BCUT2D eigenvalue weighted by Gasteiger charge is 2.22. The molecule has 1 aliphatic rings. The topological polar surface area (TPSA) is 79.1 Å². The first-order valence-corrected chi connectivity index (χ1v) is 3.40. The van der Waals surface area contributed by atoms with E-state index in [1.54, 1.807) is 5.01 Å². The van der Waals surface area contributed by atoms with E-state index in [2.05, 4.69) is 6.07 Å². The number of nitriles is 1. The Morgan fingerprint density at radius 2 is 2.30 bits per heavy atom. The first-order chi connectivity index (χ1) is 4.74. The molecular formula is C6H12N4. The van der Waals surface area contributed by atoms with Gasteiger partial charge >= 0.3 is 0 Å². The zero-order valence-electron chi connectivity index (χ0n) is 5.83. The summed E-state index contributed by atoms with van der Waals surface area (Å²) in [7, 11) is 0. The minimum atomic E-state index is -0.126. The molecule has 0 bridgehead atoms. The van der Waals surface area contributed by atoms with E-state index in [1.807, 2.05) is 0 Å². The van der Waals surface area contributed by atoms with Crippen molar-refractivity contribution < 1.29 is 0 Å². The van der Waals surface area contributed by atoms with Crippen molar-refractivity contribution in [3.63, 3.8) is 0 Å². The van der Waals surface area contributed by atoms with Gasteiger partial charge in [0.2, 0.25) is 0 Å². The standard InChI is InChI=1S/C6H12N4/c7-4-5-1-2-10(9)6(8)3-5/h5-6H,1-3,8-9H2. The van der Waals surface area contributed by atoms with E-state index in [0.29, 0.717) is 6.42 Å². The van der Waals surface area contributed by atoms with Crippen LogP contribution < -0.4 is 11.6 Å². The molecule has 0 amide bonds. The summed E-state index contributed by atoms with van der Waals surface area (Å²) in [5, 5.41) is 10.1. The van der Waals surface area contributed by atoms with Crippen LogP contribution in [0.3, 0.4) is 0 Å². The summed E-state index contributed by atoms with van der Waals surface area (Å²) in [6, 6.07) is 2.19. The maximum absolute atomic E-state index is 8.53.